The van der Waals surface area contributed by atoms with Crippen molar-refractivity contribution < 1.29 is 19.1 Å². The fourth-order valence-electron chi connectivity index (χ4n) is 3.54. The lowest BCUT2D eigenvalue weighted by molar-refractivity contribution is -0.123. The van der Waals surface area contributed by atoms with E-state index in [0.29, 0.717) is 10.6 Å². The second-order valence-corrected chi connectivity index (χ2v) is 8.50. The molecule has 0 bridgehead atoms. The summed E-state index contributed by atoms with van der Waals surface area (Å²) in [6.07, 6.45) is 2.76. The van der Waals surface area contributed by atoms with Gasteiger partial charge < -0.3 is 15.4 Å². The average molecular weight is 415 g/mol. The fraction of sp³-hybridized carbons (Fsp3) is 0.409. The Morgan fingerprint density at radius 2 is 1.72 bits per heavy atom. The van der Waals surface area contributed by atoms with Crippen LogP contribution in [0.1, 0.15) is 58.6 Å². The molecule has 0 radical (unpaired) electrons. The molecule has 7 heteroatoms. The maximum absolute atomic E-state index is 12.9. The van der Waals surface area contributed by atoms with E-state index in [1.54, 1.807) is 6.92 Å². The predicted octanol–water partition coefficient (Wildman–Crippen LogP) is 4.39. The topological polar surface area (TPSA) is 84.5 Å². The molecule has 0 saturated carbocycles. The maximum Gasteiger partial charge on any atom is 0.342 e. The number of thiophene rings is 1. The number of benzene rings is 1. The molecule has 1 aromatic heterocycles. The first-order chi connectivity index (χ1) is 13.8. The van der Waals surface area contributed by atoms with Crippen LogP contribution in [0.25, 0.3) is 0 Å². The average Bonchev–Trinajstić information content (AvgIpc) is 3.01. The summed E-state index contributed by atoms with van der Waals surface area (Å²) in [5.74, 6) is -1.20. The van der Waals surface area contributed by atoms with Crippen LogP contribution >= 0.6 is 11.3 Å². The zero-order valence-corrected chi connectivity index (χ0v) is 18.0. The van der Waals surface area contributed by atoms with Gasteiger partial charge in [0, 0.05) is 17.5 Å². The predicted molar refractivity (Wildman–Crippen MR) is 115 cm³/mol. The molecule has 29 heavy (non-hydrogen) atoms. The number of rotatable bonds is 5. The molecule has 0 aliphatic heterocycles. The van der Waals surface area contributed by atoms with Crippen LogP contribution in [0.15, 0.2) is 18.2 Å². The van der Waals surface area contributed by atoms with Crippen molar-refractivity contribution in [3.05, 3.63) is 45.3 Å². The maximum atomic E-state index is 12.9. The molecule has 0 spiro atoms. The summed E-state index contributed by atoms with van der Waals surface area (Å²) in [5.41, 5.74) is 3.95. The Balaban J connectivity index is 1.78. The van der Waals surface area contributed by atoms with E-state index in [4.69, 9.17) is 4.74 Å². The SMILES string of the molecule is CC(=O)Nc1sc2c(c1C(=O)OC(C)C(=O)Nc1c(C)cccc1C)CCCC2. The zero-order valence-electron chi connectivity index (χ0n) is 17.2. The van der Waals surface area contributed by atoms with Gasteiger partial charge in [0.15, 0.2) is 6.10 Å². The molecular weight excluding hydrogens is 388 g/mol. The molecule has 1 aromatic carbocycles. The van der Waals surface area contributed by atoms with E-state index in [1.807, 2.05) is 32.0 Å². The van der Waals surface area contributed by atoms with Gasteiger partial charge in [-0.15, -0.1) is 11.3 Å². The van der Waals surface area contributed by atoms with Gasteiger partial charge in [-0.2, -0.15) is 0 Å². The van der Waals surface area contributed by atoms with Crippen LogP contribution in [0.2, 0.25) is 0 Å². The Bertz CT molecular complexity index is 944. The van der Waals surface area contributed by atoms with Crippen LogP contribution in [0, 0.1) is 13.8 Å². The van der Waals surface area contributed by atoms with Crippen LogP contribution in [-0.4, -0.2) is 23.9 Å². The number of nitrogens with one attached hydrogen (secondary N) is 2. The fourth-order valence-corrected chi connectivity index (χ4v) is 4.86. The summed E-state index contributed by atoms with van der Waals surface area (Å²) in [6, 6.07) is 5.75. The molecule has 154 valence electrons. The number of carbonyl (C=O) groups is 3. The summed E-state index contributed by atoms with van der Waals surface area (Å²) >= 11 is 1.43. The number of hydrogen-bond acceptors (Lipinski definition) is 5. The normalized spacial score (nSPS) is 13.9. The van der Waals surface area contributed by atoms with Crippen molar-refractivity contribution in [1.82, 2.24) is 0 Å². The van der Waals surface area contributed by atoms with Crippen molar-refractivity contribution in [1.29, 1.82) is 0 Å². The van der Waals surface area contributed by atoms with Gasteiger partial charge >= 0.3 is 5.97 Å². The van der Waals surface area contributed by atoms with Gasteiger partial charge in [0.05, 0.1) is 5.56 Å². The highest BCUT2D eigenvalue weighted by molar-refractivity contribution is 7.17. The number of anilines is 2. The standard InChI is InChI=1S/C22H26N2O4S/c1-12-8-7-9-13(2)19(12)24-20(26)14(3)28-22(27)18-16-10-5-6-11-17(16)29-21(18)23-15(4)25/h7-9,14H,5-6,10-11H2,1-4H3,(H,23,25)(H,24,26). The molecule has 6 nitrogen and oxygen atoms in total. The van der Waals surface area contributed by atoms with E-state index in [-0.39, 0.29) is 11.8 Å². The molecule has 0 saturated heterocycles. The van der Waals surface area contributed by atoms with Crippen LogP contribution in [0.4, 0.5) is 10.7 Å². The third-order valence-corrected chi connectivity index (χ3v) is 6.25. The molecule has 1 heterocycles. The van der Waals surface area contributed by atoms with Gasteiger partial charge in [-0.3, -0.25) is 9.59 Å². The Hall–Kier alpha value is -2.67. The Morgan fingerprint density at radius 1 is 1.07 bits per heavy atom. The number of fused-ring (bicyclic) bond motifs is 1. The van der Waals surface area contributed by atoms with E-state index in [1.165, 1.54) is 18.3 Å². The molecule has 1 aliphatic rings. The number of esters is 1. The van der Waals surface area contributed by atoms with Gasteiger partial charge in [0.25, 0.3) is 5.91 Å². The lowest BCUT2D eigenvalue weighted by atomic mass is 9.95. The number of ether oxygens (including phenoxy) is 1. The molecule has 1 atom stereocenters. The summed E-state index contributed by atoms with van der Waals surface area (Å²) in [7, 11) is 0. The Labute approximate surface area is 174 Å². The quantitative estimate of drug-likeness (QED) is 0.711. The van der Waals surface area contributed by atoms with Gasteiger partial charge in [0.2, 0.25) is 5.91 Å². The second-order valence-electron chi connectivity index (χ2n) is 7.40. The molecule has 0 fully saturated rings. The molecule has 3 rings (SSSR count). The first-order valence-corrected chi connectivity index (χ1v) is 10.6. The van der Waals surface area contributed by atoms with Crippen LogP contribution in [0.3, 0.4) is 0 Å². The van der Waals surface area contributed by atoms with Crippen LogP contribution in [-0.2, 0) is 27.2 Å². The Kier molecular flexibility index (Phi) is 6.37. The minimum atomic E-state index is -0.967. The highest BCUT2D eigenvalue weighted by Crippen LogP contribution is 2.38. The zero-order chi connectivity index (χ0) is 21.1. The number of aryl methyl sites for hydroxylation is 3. The first-order valence-electron chi connectivity index (χ1n) is 9.78. The minimum Gasteiger partial charge on any atom is -0.449 e. The summed E-state index contributed by atoms with van der Waals surface area (Å²) in [4.78, 5) is 38.2. The number of carbonyl (C=O) groups excluding carboxylic acids is 3. The Morgan fingerprint density at radius 3 is 2.38 bits per heavy atom. The largest absolute Gasteiger partial charge is 0.449 e. The molecule has 1 aliphatic carbocycles. The van der Waals surface area contributed by atoms with Crippen molar-refractivity contribution in [2.24, 2.45) is 0 Å². The lowest BCUT2D eigenvalue weighted by Crippen LogP contribution is -2.31. The molecular formula is C22H26N2O4S. The summed E-state index contributed by atoms with van der Waals surface area (Å²) in [6.45, 7) is 6.79. The van der Waals surface area contributed by atoms with Crippen molar-refractivity contribution in [3.63, 3.8) is 0 Å². The minimum absolute atomic E-state index is 0.238. The number of para-hydroxylation sites is 1. The molecule has 2 aromatic rings. The van der Waals surface area contributed by atoms with Crippen molar-refractivity contribution in [2.45, 2.75) is 59.5 Å². The highest BCUT2D eigenvalue weighted by atomic mass is 32.1. The smallest absolute Gasteiger partial charge is 0.342 e. The van der Waals surface area contributed by atoms with E-state index in [9.17, 15) is 14.4 Å². The van der Waals surface area contributed by atoms with Gasteiger partial charge in [-0.05, 0) is 63.1 Å². The van der Waals surface area contributed by atoms with Gasteiger partial charge in [0.1, 0.15) is 5.00 Å². The lowest BCUT2D eigenvalue weighted by Gasteiger charge is -2.17. The van der Waals surface area contributed by atoms with Gasteiger partial charge in [-0.1, -0.05) is 18.2 Å². The van der Waals surface area contributed by atoms with E-state index < -0.39 is 12.1 Å². The van der Waals surface area contributed by atoms with Crippen LogP contribution < -0.4 is 10.6 Å². The molecule has 2 amide bonds. The van der Waals surface area contributed by atoms with E-state index >= 15 is 0 Å². The van der Waals surface area contributed by atoms with Crippen molar-refractivity contribution >= 4 is 39.8 Å². The third-order valence-electron chi connectivity index (χ3n) is 5.05. The highest BCUT2D eigenvalue weighted by Gasteiger charge is 2.29. The van der Waals surface area contributed by atoms with Crippen molar-refractivity contribution in [2.75, 3.05) is 10.6 Å². The summed E-state index contributed by atoms with van der Waals surface area (Å²) in [5, 5.41) is 6.11. The summed E-state index contributed by atoms with van der Waals surface area (Å²) < 4.78 is 5.50. The van der Waals surface area contributed by atoms with E-state index in [0.717, 1.165) is 52.9 Å². The van der Waals surface area contributed by atoms with E-state index in [2.05, 4.69) is 10.6 Å². The second kappa shape index (κ2) is 8.78. The first kappa shape index (κ1) is 21.0. The van der Waals surface area contributed by atoms with Gasteiger partial charge in [-0.25, -0.2) is 4.79 Å². The molecule has 2 N–H and O–H groups in total. The third kappa shape index (κ3) is 4.67. The van der Waals surface area contributed by atoms with Crippen LogP contribution in [0.5, 0.6) is 0 Å². The molecule has 1 unspecified atom stereocenters. The van der Waals surface area contributed by atoms with Crippen molar-refractivity contribution in [3.8, 4) is 0 Å². The monoisotopic (exact) mass is 414 g/mol. The number of hydrogen-bond donors (Lipinski definition) is 2. The number of amides is 2.